The van der Waals surface area contributed by atoms with Crippen molar-refractivity contribution in [1.82, 2.24) is 5.32 Å². The van der Waals surface area contributed by atoms with Crippen molar-refractivity contribution in [3.8, 4) is 0 Å². The largest absolute Gasteiger partial charge is 0.307 e. The zero-order valence-corrected chi connectivity index (χ0v) is 12.6. The lowest BCUT2D eigenvalue weighted by Gasteiger charge is -2.23. The van der Waals surface area contributed by atoms with Crippen molar-refractivity contribution in [1.29, 1.82) is 0 Å². The van der Waals surface area contributed by atoms with Gasteiger partial charge in [-0.05, 0) is 37.5 Å². The number of hydrogen-bond acceptors (Lipinski definition) is 1. The molecule has 0 saturated heterocycles. The first kappa shape index (κ1) is 15.5. The van der Waals surface area contributed by atoms with Gasteiger partial charge in [0, 0.05) is 17.1 Å². The molecule has 0 radical (unpaired) electrons. The summed E-state index contributed by atoms with van der Waals surface area (Å²) in [7, 11) is 0. The van der Waals surface area contributed by atoms with Crippen LogP contribution in [0.3, 0.4) is 0 Å². The van der Waals surface area contributed by atoms with Crippen LogP contribution in [-0.4, -0.2) is 6.04 Å². The minimum Gasteiger partial charge on any atom is -0.307 e. The molecule has 0 saturated carbocycles. The maximum Gasteiger partial charge on any atom is 0.0409 e. The Morgan fingerprint density at radius 2 is 2.00 bits per heavy atom. The molecule has 1 aromatic rings. The number of hydrogen-bond donors (Lipinski definition) is 1. The lowest BCUT2D eigenvalue weighted by molar-refractivity contribution is 0.415. The lowest BCUT2D eigenvalue weighted by Crippen LogP contribution is -2.30. The Morgan fingerprint density at radius 3 is 2.61 bits per heavy atom. The minimum absolute atomic E-state index is 0.417. The Labute approximate surface area is 117 Å². The van der Waals surface area contributed by atoms with Gasteiger partial charge in [0.25, 0.3) is 0 Å². The summed E-state index contributed by atoms with van der Waals surface area (Å²) < 4.78 is 0. The van der Waals surface area contributed by atoms with Crippen LogP contribution in [0.15, 0.2) is 24.3 Å². The van der Waals surface area contributed by atoms with E-state index in [0.29, 0.717) is 12.1 Å². The van der Waals surface area contributed by atoms with Gasteiger partial charge in [0.2, 0.25) is 0 Å². The SMILES string of the molecule is CCCCCC(C)NC(CC)c1cccc(Cl)c1. The van der Waals surface area contributed by atoms with Crippen LogP contribution in [0, 0.1) is 0 Å². The third-order valence-corrected chi connectivity index (χ3v) is 3.62. The van der Waals surface area contributed by atoms with Crippen molar-refractivity contribution in [2.24, 2.45) is 0 Å². The summed E-state index contributed by atoms with van der Waals surface area (Å²) in [5.74, 6) is 0. The number of rotatable bonds is 8. The fourth-order valence-corrected chi connectivity index (χ4v) is 2.50. The van der Waals surface area contributed by atoms with Gasteiger partial charge in [0.1, 0.15) is 0 Å². The third kappa shape index (κ3) is 5.41. The number of benzene rings is 1. The Morgan fingerprint density at radius 1 is 1.22 bits per heavy atom. The van der Waals surface area contributed by atoms with E-state index >= 15 is 0 Å². The molecule has 0 fully saturated rings. The van der Waals surface area contributed by atoms with Gasteiger partial charge in [-0.15, -0.1) is 0 Å². The number of unbranched alkanes of at least 4 members (excludes halogenated alkanes) is 2. The fraction of sp³-hybridized carbons (Fsp3) is 0.625. The van der Waals surface area contributed by atoms with E-state index in [4.69, 9.17) is 11.6 Å². The topological polar surface area (TPSA) is 12.0 Å². The van der Waals surface area contributed by atoms with Gasteiger partial charge in [0.15, 0.2) is 0 Å². The molecule has 0 bridgehead atoms. The van der Waals surface area contributed by atoms with E-state index in [1.807, 2.05) is 12.1 Å². The molecule has 0 aliphatic carbocycles. The summed E-state index contributed by atoms with van der Waals surface area (Å²) in [6, 6.07) is 9.18. The van der Waals surface area contributed by atoms with E-state index in [0.717, 1.165) is 11.4 Å². The van der Waals surface area contributed by atoms with Crippen LogP contribution >= 0.6 is 11.6 Å². The fourth-order valence-electron chi connectivity index (χ4n) is 2.30. The van der Waals surface area contributed by atoms with Crippen molar-refractivity contribution in [2.75, 3.05) is 0 Å². The summed E-state index contributed by atoms with van der Waals surface area (Å²) in [6.07, 6.45) is 6.29. The zero-order chi connectivity index (χ0) is 13.4. The third-order valence-electron chi connectivity index (χ3n) is 3.39. The van der Waals surface area contributed by atoms with Gasteiger partial charge in [0.05, 0.1) is 0 Å². The normalized spacial score (nSPS) is 14.4. The maximum absolute atomic E-state index is 6.06. The van der Waals surface area contributed by atoms with E-state index in [2.05, 4.69) is 38.2 Å². The van der Waals surface area contributed by atoms with Crippen molar-refractivity contribution >= 4 is 11.6 Å². The molecule has 18 heavy (non-hydrogen) atoms. The van der Waals surface area contributed by atoms with Gasteiger partial charge < -0.3 is 5.32 Å². The van der Waals surface area contributed by atoms with Crippen molar-refractivity contribution in [2.45, 2.75) is 65.0 Å². The smallest absolute Gasteiger partial charge is 0.0409 e. The average Bonchev–Trinajstić information content (AvgIpc) is 2.36. The van der Waals surface area contributed by atoms with Gasteiger partial charge in [-0.1, -0.05) is 56.8 Å². The molecule has 1 N–H and O–H groups in total. The second-order valence-corrected chi connectivity index (χ2v) is 5.52. The van der Waals surface area contributed by atoms with Crippen LogP contribution in [-0.2, 0) is 0 Å². The first-order valence-corrected chi connectivity index (χ1v) is 7.56. The van der Waals surface area contributed by atoms with Gasteiger partial charge in [-0.25, -0.2) is 0 Å². The molecule has 0 aromatic heterocycles. The molecule has 1 nitrogen and oxygen atoms in total. The van der Waals surface area contributed by atoms with E-state index < -0.39 is 0 Å². The van der Waals surface area contributed by atoms with Crippen LogP contribution in [0.25, 0.3) is 0 Å². The molecule has 102 valence electrons. The van der Waals surface area contributed by atoms with E-state index in [9.17, 15) is 0 Å². The first-order chi connectivity index (χ1) is 8.67. The molecule has 0 aliphatic heterocycles. The number of nitrogens with one attached hydrogen (secondary N) is 1. The summed E-state index contributed by atoms with van der Waals surface area (Å²) in [5, 5.41) is 4.54. The van der Waals surface area contributed by atoms with Crippen molar-refractivity contribution in [3.05, 3.63) is 34.9 Å². The van der Waals surface area contributed by atoms with Crippen molar-refractivity contribution < 1.29 is 0 Å². The zero-order valence-electron chi connectivity index (χ0n) is 11.9. The van der Waals surface area contributed by atoms with Crippen LogP contribution in [0.4, 0.5) is 0 Å². The van der Waals surface area contributed by atoms with Crippen LogP contribution in [0.1, 0.15) is 64.5 Å². The summed E-state index contributed by atoms with van der Waals surface area (Å²) in [6.45, 7) is 6.75. The standard InChI is InChI=1S/C16H26ClN/c1-4-6-7-9-13(3)18-16(5-2)14-10-8-11-15(17)12-14/h8,10-13,16,18H,4-7,9H2,1-3H3. The Kier molecular flexibility index (Phi) is 7.38. The Balaban J connectivity index is 2.51. The van der Waals surface area contributed by atoms with Gasteiger partial charge >= 0.3 is 0 Å². The quantitative estimate of drug-likeness (QED) is 0.626. The van der Waals surface area contributed by atoms with E-state index in [1.54, 1.807) is 0 Å². The molecule has 2 unspecified atom stereocenters. The van der Waals surface area contributed by atoms with Crippen LogP contribution < -0.4 is 5.32 Å². The molecular weight excluding hydrogens is 242 g/mol. The molecule has 1 aromatic carbocycles. The minimum atomic E-state index is 0.417. The highest BCUT2D eigenvalue weighted by Crippen LogP contribution is 2.21. The highest BCUT2D eigenvalue weighted by Gasteiger charge is 2.12. The highest BCUT2D eigenvalue weighted by molar-refractivity contribution is 6.30. The molecule has 2 heteroatoms. The van der Waals surface area contributed by atoms with Gasteiger partial charge in [-0.3, -0.25) is 0 Å². The second-order valence-electron chi connectivity index (χ2n) is 5.08. The monoisotopic (exact) mass is 267 g/mol. The summed E-state index contributed by atoms with van der Waals surface area (Å²) in [4.78, 5) is 0. The van der Waals surface area contributed by atoms with Crippen LogP contribution in [0.2, 0.25) is 5.02 Å². The molecule has 1 rings (SSSR count). The molecule has 0 heterocycles. The first-order valence-electron chi connectivity index (χ1n) is 7.18. The van der Waals surface area contributed by atoms with Crippen molar-refractivity contribution in [3.63, 3.8) is 0 Å². The Hall–Kier alpha value is -0.530. The predicted molar refractivity (Wildman–Crippen MR) is 81.2 cm³/mol. The summed E-state index contributed by atoms with van der Waals surface area (Å²) >= 11 is 6.06. The van der Waals surface area contributed by atoms with E-state index in [-0.39, 0.29) is 0 Å². The molecule has 0 amide bonds. The van der Waals surface area contributed by atoms with Crippen LogP contribution in [0.5, 0.6) is 0 Å². The molecule has 0 aliphatic rings. The summed E-state index contributed by atoms with van der Waals surface area (Å²) in [5.41, 5.74) is 1.30. The molecular formula is C16H26ClN. The molecule has 0 spiro atoms. The second kappa shape index (κ2) is 8.55. The van der Waals surface area contributed by atoms with E-state index in [1.165, 1.54) is 31.2 Å². The maximum atomic E-state index is 6.06. The van der Waals surface area contributed by atoms with Gasteiger partial charge in [-0.2, -0.15) is 0 Å². The average molecular weight is 268 g/mol. The Bertz CT molecular complexity index is 338. The predicted octanol–water partition coefficient (Wildman–Crippen LogP) is 5.35. The molecule has 2 atom stereocenters. The highest BCUT2D eigenvalue weighted by atomic mass is 35.5. The lowest BCUT2D eigenvalue weighted by atomic mass is 10.0. The number of halogens is 1.